The van der Waals surface area contributed by atoms with Crippen LogP contribution in [0.1, 0.15) is 27.9 Å². The highest BCUT2D eigenvalue weighted by Crippen LogP contribution is 2.18. The number of Topliss-reactive ketones (excluding diaryl/α,β-unsaturated/α-hetero) is 1. The molecule has 0 amide bonds. The molecule has 0 spiro atoms. The van der Waals surface area contributed by atoms with Crippen molar-refractivity contribution in [1.29, 1.82) is 0 Å². The molecule has 2 nitrogen and oxygen atoms in total. The monoisotopic (exact) mass is 275 g/mol. The average Bonchev–Trinajstić information content (AvgIpc) is 2.53. The molecule has 0 aliphatic rings. The summed E-state index contributed by atoms with van der Waals surface area (Å²) in [6.07, 6.45) is 3.01. The summed E-state index contributed by atoms with van der Waals surface area (Å²) >= 11 is 0. The van der Waals surface area contributed by atoms with E-state index in [0.717, 1.165) is 22.9 Å². The highest BCUT2D eigenvalue weighted by molar-refractivity contribution is 6.06. The van der Waals surface area contributed by atoms with Gasteiger partial charge in [-0.15, -0.1) is 0 Å². The van der Waals surface area contributed by atoms with Crippen LogP contribution in [0, 0.1) is 6.92 Å². The number of aryl methyl sites for hydroxylation is 2. The first-order chi connectivity index (χ1) is 10.2. The molecule has 1 heterocycles. The van der Waals surface area contributed by atoms with Crippen LogP contribution >= 0.6 is 0 Å². The molecule has 2 heteroatoms. The van der Waals surface area contributed by atoms with Crippen molar-refractivity contribution in [2.45, 2.75) is 19.8 Å². The predicted molar refractivity (Wildman–Crippen MR) is 85.6 cm³/mol. The molecule has 0 bridgehead atoms. The third-order valence-corrected chi connectivity index (χ3v) is 3.69. The highest BCUT2D eigenvalue weighted by atomic mass is 16.1. The van der Waals surface area contributed by atoms with Crippen LogP contribution in [0.5, 0.6) is 0 Å². The number of carbonyl (C=O) groups is 1. The number of ketones is 1. The predicted octanol–water partition coefficient (Wildman–Crippen LogP) is 4.36. The van der Waals surface area contributed by atoms with Gasteiger partial charge in [-0.2, -0.15) is 0 Å². The van der Waals surface area contributed by atoms with Crippen LogP contribution in [0.4, 0.5) is 0 Å². The van der Waals surface area contributed by atoms with Crippen LogP contribution in [0.25, 0.3) is 10.9 Å². The summed E-state index contributed by atoms with van der Waals surface area (Å²) in [4.78, 5) is 16.8. The molecule has 0 aliphatic heterocycles. The van der Waals surface area contributed by atoms with E-state index in [1.165, 1.54) is 11.1 Å². The summed E-state index contributed by atoms with van der Waals surface area (Å²) < 4.78 is 0. The van der Waals surface area contributed by atoms with E-state index < -0.39 is 0 Å². The molecule has 0 radical (unpaired) electrons. The number of hydrogen-bond acceptors (Lipinski definition) is 2. The topological polar surface area (TPSA) is 30.0 Å². The van der Waals surface area contributed by atoms with E-state index in [2.05, 4.69) is 36.2 Å². The van der Waals surface area contributed by atoms with Crippen molar-refractivity contribution in [3.63, 3.8) is 0 Å². The van der Waals surface area contributed by atoms with Gasteiger partial charge in [0.05, 0.1) is 5.52 Å². The summed E-state index contributed by atoms with van der Waals surface area (Å²) in [5.74, 6) is 0.153. The Morgan fingerprint density at radius 1 is 1.00 bits per heavy atom. The molecule has 3 rings (SSSR count). The molecule has 0 unspecified atom stereocenters. The second-order valence-corrected chi connectivity index (χ2v) is 5.29. The molecule has 0 fully saturated rings. The van der Waals surface area contributed by atoms with E-state index in [-0.39, 0.29) is 5.78 Å². The normalized spacial score (nSPS) is 10.7. The summed E-state index contributed by atoms with van der Waals surface area (Å²) in [6, 6.07) is 18.0. The average molecular weight is 275 g/mol. The molecule has 1 aromatic heterocycles. The molecular weight excluding hydrogens is 258 g/mol. The van der Waals surface area contributed by atoms with Gasteiger partial charge in [0, 0.05) is 23.6 Å². The summed E-state index contributed by atoms with van der Waals surface area (Å²) in [7, 11) is 0. The van der Waals surface area contributed by atoms with E-state index in [1.807, 2.05) is 30.3 Å². The molecule has 0 saturated carbocycles. The maximum absolute atomic E-state index is 12.5. The van der Waals surface area contributed by atoms with Crippen molar-refractivity contribution in [1.82, 2.24) is 4.98 Å². The Labute approximate surface area is 124 Å². The van der Waals surface area contributed by atoms with Crippen LogP contribution in [0.2, 0.25) is 0 Å². The van der Waals surface area contributed by atoms with Gasteiger partial charge in [-0.3, -0.25) is 9.78 Å². The lowest BCUT2D eigenvalue weighted by Crippen LogP contribution is -2.03. The number of hydrogen-bond donors (Lipinski definition) is 0. The number of nitrogens with zero attached hydrogens (tertiary/aromatic N) is 1. The van der Waals surface area contributed by atoms with Gasteiger partial charge in [0.1, 0.15) is 0 Å². The third-order valence-electron chi connectivity index (χ3n) is 3.69. The molecule has 0 N–H and O–H groups in total. The van der Waals surface area contributed by atoms with Crippen molar-refractivity contribution in [3.05, 3.63) is 77.5 Å². The third kappa shape index (κ3) is 3.00. The number of fused-ring (bicyclic) bond motifs is 1. The van der Waals surface area contributed by atoms with Crippen molar-refractivity contribution < 1.29 is 4.79 Å². The summed E-state index contributed by atoms with van der Waals surface area (Å²) in [5, 5.41) is 1.01. The van der Waals surface area contributed by atoms with Gasteiger partial charge in [-0.25, -0.2) is 0 Å². The van der Waals surface area contributed by atoms with Crippen molar-refractivity contribution in [3.8, 4) is 0 Å². The Morgan fingerprint density at radius 2 is 1.76 bits per heavy atom. The lowest BCUT2D eigenvalue weighted by atomic mass is 10.00. The van der Waals surface area contributed by atoms with Crippen molar-refractivity contribution >= 4 is 16.7 Å². The highest BCUT2D eigenvalue weighted by Gasteiger charge is 2.10. The Balaban J connectivity index is 1.79. The van der Waals surface area contributed by atoms with Gasteiger partial charge in [0.2, 0.25) is 0 Å². The molecule has 21 heavy (non-hydrogen) atoms. The minimum atomic E-state index is 0.153. The molecule has 3 aromatic rings. The van der Waals surface area contributed by atoms with Crippen LogP contribution in [0.3, 0.4) is 0 Å². The second kappa shape index (κ2) is 5.88. The fourth-order valence-electron chi connectivity index (χ4n) is 2.48. The van der Waals surface area contributed by atoms with Gasteiger partial charge in [-0.1, -0.05) is 48.0 Å². The van der Waals surface area contributed by atoms with Crippen LogP contribution in [-0.4, -0.2) is 10.8 Å². The lowest BCUT2D eigenvalue weighted by molar-refractivity contribution is 0.0984. The molecular formula is C19H17NO. The number of pyridine rings is 1. The van der Waals surface area contributed by atoms with E-state index in [0.29, 0.717) is 6.42 Å². The number of rotatable bonds is 4. The maximum atomic E-state index is 12.5. The van der Waals surface area contributed by atoms with Crippen molar-refractivity contribution in [2.75, 3.05) is 0 Å². The zero-order chi connectivity index (χ0) is 14.7. The largest absolute Gasteiger partial charge is 0.294 e. The van der Waals surface area contributed by atoms with E-state index >= 15 is 0 Å². The minimum Gasteiger partial charge on any atom is -0.294 e. The van der Waals surface area contributed by atoms with Gasteiger partial charge in [-0.05, 0) is 31.0 Å². The molecule has 0 atom stereocenters. The summed E-state index contributed by atoms with van der Waals surface area (Å²) in [6.45, 7) is 2.07. The Hall–Kier alpha value is -2.48. The Kier molecular flexibility index (Phi) is 3.78. The fourth-order valence-corrected chi connectivity index (χ4v) is 2.48. The van der Waals surface area contributed by atoms with Gasteiger partial charge in [0.25, 0.3) is 0 Å². The Bertz CT molecular complexity index is 770. The SMILES string of the molecule is Cc1ccc(CCC(=O)c2cccc3cccnc23)cc1. The fraction of sp³-hybridized carbons (Fsp3) is 0.158. The number of para-hydroxylation sites is 1. The maximum Gasteiger partial charge on any atom is 0.165 e. The first kappa shape index (κ1) is 13.5. The number of aromatic nitrogens is 1. The lowest BCUT2D eigenvalue weighted by Gasteiger charge is -2.05. The molecule has 2 aromatic carbocycles. The van der Waals surface area contributed by atoms with Crippen LogP contribution in [0.15, 0.2) is 60.8 Å². The Morgan fingerprint density at radius 3 is 2.57 bits per heavy atom. The van der Waals surface area contributed by atoms with Gasteiger partial charge >= 0.3 is 0 Å². The number of carbonyl (C=O) groups excluding carboxylic acids is 1. The van der Waals surface area contributed by atoms with E-state index in [9.17, 15) is 4.79 Å². The van der Waals surface area contributed by atoms with Crippen molar-refractivity contribution in [2.24, 2.45) is 0 Å². The van der Waals surface area contributed by atoms with E-state index in [4.69, 9.17) is 0 Å². The van der Waals surface area contributed by atoms with Gasteiger partial charge in [0.15, 0.2) is 5.78 Å². The van der Waals surface area contributed by atoms with Crippen LogP contribution in [-0.2, 0) is 6.42 Å². The zero-order valence-corrected chi connectivity index (χ0v) is 12.0. The minimum absolute atomic E-state index is 0.153. The first-order valence-corrected chi connectivity index (χ1v) is 7.16. The number of benzene rings is 2. The molecule has 104 valence electrons. The summed E-state index contributed by atoms with van der Waals surface area (Å²) in [5.41, 5.74) is 3.96. The molecule has 0 aliphatic carbocycles. The van der Waals surface area contributed by atoms with Gasteiger partial charge < -0.3 is 0 Å². The van der Waals surface area contributed by atoms with E-state index in [1.54, 1.807) is 6.20 Å². The second-order valence-electron chi connectivity index (χ2n) is 5.29. The smallest absolute Gasteiger partial charge is 0.165 e. The molecule has 0 saturated heterocycles. The first-order valence-electron chi connectivity index (χ1n) is 7.16. The quantitative estimate of drug-likeness (QED) is 0.662. The zero-order valence-electron chi connectivity index (χ0n) is 12.0. The standard InChI is InChI=1S/C19H17NO/c1-14-7-9-15(10-8-14)11-12-18(21)17-6-2-4-16-5-3-13-20-19(16)17/h2-10,13H,11-12H2,1H3. The van der Waals surface area contributed by atoms with Crippen LogP contribution < -0.4 is 0 Å².